The summed E-state index contributed by atoms with van der Waals surface area (Å²) in [6, 6.07) is 32.4. The van der Waals surface area contributed by atoms with E-state index in [1.807, 2.05) is 39.8 Å². The normalized spacial score (nSPS) is 31.1. The molecule has 0 aromatic heterocycles. The Labute approximate surface area is 441 Å². The number of carbonyl (C=O) groups is 2. The highest BCUT2D eigenvalue weighted by molar-refractivity contribution is 7.95. The smallest absolute Gasteiger partial charge is 0.309 e. The van der Waals surface area contributed by atoms with Crippen LogP contribution in [0.15, 0.2) is 91.0 Å². The molecule has 13 atom stereocenters. The maximum atomic E-state index is 14.3. The SMILES string of the molecule is CC[C@H]1OC(=O)[C@H](C)C[C@H](C)[C@@H](O[C@@H]2O[C@H](C)C[C@H](N(C)C)[C@H]2O)[C@](C)(O)C[C@@H](C)CN(C(=O)CCCCCCCCCCCCC[P+](c2ccccc2)(c2ccccc2)c2ccccc2)[C@H](C)[C@@H](O)[C@]1(C)O. The van der Waals surface area contributed by atoms with Crippen LogP contribution in [-0.2, 0) is 23.8 Å². The van der Waals surface area contributed by atoms with E-state index in [1.165, 1.54) is 67.8 Å². The van der Waals surface area contributed by atoms with Gasteiger partial charge in [0.25, 0.3) is 0 Å². The average Bonchev–Trinajstić information content (AvgIpc) is 3.37. The second-order valence-electron chi connectivity index (χ2n) is 22.9. The van der Waals surface area contributed by atoms with Crippen molar-refractivity contribution in [2.45, 2.75) is 218 Å². The Morgan fingerprint density at radius 3 is 1.70 bits per heavy atom. The van der Waals surface area contributed by atoms with E-state index in [0.717, 1.165) is 25.4 Å². The highest BCUT2D eigenvalue weighted by atomic mass is 31.2. The number of rotatable bonds is 21. The third kappa shape index (κ3) is 16.4. The first-order chi connectivity index (χ1) is 34.7. The maximum absolute atomic E-state index is 14.3. The van der Waals surface area contributed by atoms with E-state index >= 15 is 0 Å². The minimum Gasteiger partial charge on any atom is -0.459 e. The van der Waals surface area contributed by atoms with Gasteiger partial charge in [0, 0.05) is 19.0 Å². The summed E-state index contributed by atoms with van der Waals surface area (Å²) in [4.78, 5) is 31.6. The van der Waals surface area contributed by atoms with E-state index in [0.29, 0.717) is 19.3 Å². The molecule has 0 saturated carbocycles. The maximum Gasteiger partial charge on any atom is 0.309 e. The van der Waals surface area contributed by atoms with Crippen molar-refractivity contribution < 1.29 is 44.2 Å². The number of aliphatic hydroxyl groups is 4. The summed E-state index contributed by atoms with van der Waals surface area (Å²) in [6.45, 7) is 14.5. The van der Waals surface area contributed by atoms with Crippen LogP contribution >= 0.6 is 7.26 Å². The van der Waals surface area contributed by atoms with Crippen LogP contribution in [0.1, 0.15) is 158 Å². The second-order valence-corrected chi connectivity index (χ2v) is 26.5. The van der Waals surface area contributed by atoms with Crippen LogP contribution in [0.5, 0.6) is 0 Å². The van der Waals surface area contributed by atoms with Gasteiger partial charge in [0.05, 0.1) is 35.9 Å². The van der Waals surface area contributed by atoms with E-state index in [-0.39, 0.29) is 49.8 Å². The molecule has 2 aliphatic heterocycles. The predicted octanol–water partition coefficient (Wildman–Crippen LogP) is 9.58. The van der Waals surface area contributed by atoms with Crippen molar-refractivity contribution in [2.24, 2.45) is 17.8 Å². The Bertz CT molecular complexity index is 1960. The summed E-state index contributed by atoms with van der Waals surface area (Å²) in [5.74, 6) is -1.97. The van der Waals surface area contributed by atoms with E-state index in [2.05, 4.69) is 91.0 Å². The first kappa shape index (κ1) is 60.6. The fourth-order valence-electron chi connectivity index (χ4n) is 12.2. The second kappa shape index (κ2) is 28.8. The van der Waals surface area contributed by atoms with Crippen molar-refractivity contribution in [3.63, 3.8) is 0 Å². The molecule has 11 nitrogen and oxygen atoms in total. The number of aliphatic hydroxyl groups excluding tert-OH is 2. The summed E-state index contributed by atoms with van der Waals surface area (Å²) < 4.78 is 18.8. The molecule has 3 aromatic rings. The molecule has 0 radical (unpaired) electrons. The zero-order valence-electron chi connectivity index (χ0n) is 46.4. The zero-order valence-corrected chi connectivity index (χ0v) is 47.3. The molecule has 0 bridgehead atoms. The van der Waals surface area contributed by atoms with E-state index < -0.39 is 73.0 Å². The lowest BCUT2D eigenvalue weighted by Crippen LogP contribution is -2.60. The number of benzene rings is 3. The quantitative estimate of drug-likeness (QED) is 0.0462. The minimum atomic E-state index is -1.86. The monoisotopic (exact) mass is 1030 g/mol. The van der Waals surface area contributed by atoms with E-state index in [1.54, 1.807) is 32.6 Å². The highest BCUT2D eigenvalue weighted by Gasteiger charge is 2.49. The molecular weight excluding hydrogens is 936 g/mol. The van der Waals surface area contributed by atoms with Crippen LogP contribution < -0.4 is 15.9 Å². The van der Waals surface area contributed by atoms with E-state index in [4.69, 9.17) is 14.2 Å². The lowest BCUT2D eigenvalue weighted by molar-refractivity contribution is -0.295. The number of hydrogen-bond acceptors (Lipinski definition) is 10. The van der Waals surface area contributed by atoms with Crippen molar-refractivity contribution in [2.75, 3.05) is 26.8 Å². The number of carbonyl (C=O) groups excluding carboxylic acids is 2. The summed E-state index contributed by atoms with van der Waals surface area (Å²) in [5, 5.41) is 52.1. The van der Waals surface area contributed by atoms with Crippen LogP contribution in [0, 0.1) is 17.8 Å². The van der Waals surface area contributed by atoms with Gasteiger partial charge in [-0.15, -0.1) is 0 Å². The minimum absolute atomic E-state index is 0.129. The Kier molecular flexibility index (Phi) is 23.9. The third-order valence-corrected chi connectivity index (χ3v) is 20.7. The molecule has 73 heavy (non-hydrogen) atoms. The molecule has 2 heterocycles. The first-order valence-electron chi connectivity index (χ1n) is 28.1. The van der Waals surface area contributed by atoms with Gasteiger partial charge in [-0.2, -0.15) is 0 Å². The molecule has 2 aliphatic rings. The van der Waals surface area contributed by atoms with Crippen molar-refractivity contribution in [1.29, 1.82) is 0 Å². The first-order valence-corrected chi connectivity index (χ1v) is 30.0. The van der Waals surface area contributed by atoms with Gasteiger partial charge in [-0.1, -0.05) is 134 Å². The topological polar surface area (TPSA) is 149 Å². The van der Waals surface area contributed by atoms with Crippen LogP contribution in [-0.4, -0.2) is 129 Å². The van der Waals surface area contributed by atoms with Gasteiger partial charge in [0.2, 0.25) is 5.91 Å². The lowest BCUT2D eigenvalue weighted by atomic mass is 9.79. The number of ether oxygens (including phenoxy) is 3. The fourth-order valence-corrected chi connectivity index (χ4v) is 16.6. The molecular formula is C61H96N2O9P+. The number of nitrogens with zero attached hydrogens (tertiary/aromatic N) is 2. The number of likely N-dealkylation sites (N-methyl/N-ethyl adjacent to an activating group) is 1. The molecule has 4 N–H and O–H groups in total. The molecule has 3 aromatic carbocycles. The highest BCUT2D eigenvalue weighted by Crippen LogP contribution is 2.56. The molecule has 2 saturated heterocycles. The van der Waals surface area contributed by atoms with Crippen LogP contribution in [0.2, 0.25) is 0 Å². The van der Waals surface area contributed by atoms with Crippen molar-refractivity contribution in [1.82, 2.24) is 9.80 Å². The molecule has 1 amide bonds. The molecule has 2 fully saturated rings. The Hall–Kier alpha value is -3.25. The van der Waals surface area contributed by atoms with Gasteiger partial charge in [-0.3, -0.25) is 9.59 Å². The zero-order chi connectivity index (χ0) is 53.3. The standard InChI is InChI=1S/C61H96N2O9P/c1-11-53-61(8,69)56(66)48(6)63(43-44(2)42-60(7,68)57(45(3)40-46(4)58(67)71-53)72-59-55(65)52(62(9)10)41-47(5)70-59)54(64)38-30-19-17-15-13-12-14-16-18-20-31-39-73(49-32-24-21-25-33-49,50-34-26-22-27-35-50)51-36-28-23-29-37-51/h21-29,32-37,44-48,52-53,55-57,59,65-66,68-69H,11-20,30-31,38-43H2,1-10H3/q+1/t44-,45+,46-,47-,48-,52+,53-,55-,56-,57-,59+,60-,61-/m1/s1. The average molecular weight is 1030 g/mol. The van der Waals surface area contributed by atoms with Crippen LogP contribution in [0.3, 0.4) is 0 Å². The Balaban J connectivity index is 1.14. The summed E-state index contributed by atoms with van der Waals surface area (Å²) in [7, 11) is 2.03. The molecule has 408 valence electrons. The van der Waals surface area contributed by atoms with Gasteiger partial charge in [0.1, 0.15) is 47.1 Å². The van der Waals surface area contributed by atoms with E-state index in [9.17, 15) is 30.0 Å². The molecule has 12 heteroatoms. The third-order valence-electron chi connectivity index (χ3n) is 16.2. The molecule has 0 aliphatic carbocycles. The van der Waals surface area contributed by atoms with Gasteiger partial charge < -0.3 is 44.4 Å². The van der Waals surface area contributed by atoms with Gasteiger partial charge in [0.15, 0.2) is 6.29 Å². The number of cyclic esters (lactones) is 1. The van der Waals surface area contributed by atoms with Crippen LogP contribution in [0.4, 0.5) is 0 Å². The largest absolute Gasteiger partial charge is 0.459 e. The van der Waals surface area contributed by atoms with Crippen molar-refractivity contribution >= 4 is 35.1 Å². The molecule has 0 unspecified atom stereocenters. The fraction of sp³-hybridized carbons (Fsp3) is 0.672. The number of esters is 1. The van der Waals surface area contributed by atoms with Gasteiger partial charge in [-0.25, -0.2) is 0 Å². The number of hydrogen-bond donors (Lipinski definition) is 4. The molecule has 5 rings (SSSR count). The summed E-state index contributed by atoms with van der Waals surface area (Å²) in [5.41, 5.74) is -3.33. The van der Waals surface area contributed by atoms with Crippen molar-refractivity contribution in [3.8, 4) is 0 Å². The lowest BCUT2D eigenvalue weighted by Gasteiger charge is -2.46. The number of amides is 1. The predicted molar refractivity (Wildman–Crippen MR) is 298 cm³/mol. The number of unbranched alkanes of at least 4 members (excludes halogenated alkanes) is 10. The van der Waals surface area contributed by atoms with Crippen molar-refractivity contribution in [3.05, 3.63) is 91.0 Å². The summed E-state index contributed by atoms with van der Waals surface area (Å²) >= 11 is 0. The molecule has 0 spiro atoms. The van der Waals surface area contributed by atoms with Gasteiger partial charge >= 0.3 is 5.97 Å². The van der Waals surface area contributed by atoms with Gasteiger partial charge in [-0.05, 0) is 135 Å². The Morgan fingerprint density at radius 2 is 1.22 bits per heavy atom. The Morgan fingerprint density at radius 1 is 0.740 bits per heavy atom. The summed E-state index contributed by atoms with van der Waals surface area (Å²) in [6.07, 6.45) is 9.60. The van der Waals surface area contributed by atoms with Crippen LogP contribution in [0.25, 0.3) is 0 Å².